The van der Waals surface area contributed by atoms with Gasteiger partial charge in [0.1, 0.15) is 5.82 Å². The Morgan fingerprint density at radius 2 is 1.92 bits per heavy atom. The zero-order chi connectivity index (χ0) is 18.3. The molecule has 0 saturated carbocycles. The van der Waals surface area contributed by atoms with Crippen LogP contribution in [-0.2, 0) is 4.79 Å². The van der Waals surface area contributed by atoms with E-state index in [1.165, 1.54) is 12.1 Å². The number of carbonyl (C=O) groups excluding carboxylic acids is 1. The molecular formula is C20H18FN3O2. The molecule has 3 aromatic rings. The van der Waals surface area contributed by atoms with Gasteiger partial charge in [0.15, 0.2) is 0 Å². The van der Waals surface area contributed by atoms with E-state index in [4.69, 9.17) is 4.52 Å². The van der Waals surface area contributed by atoms with Crippen LogP contribution in [0.4, 0.5) is 10.1 Å². The van der Waals surface area contributed by atoms with Crippen molar-refractivity contribution >= 4 is 11.6 Å². The van der Waals surface area contributed by atoms with Crippen LogP contribution in [0.2, 0.25) is 0 Å². The van der Waals surface area contributed by atoms with Crippen LogP contribution in [0, 0.1) is 19.7 Å². The van der Waals surface area contributed by atoms with Crippen LogP contribution in [0.1, 0.15) is 29.4 Å². The van der Waals surface area contributed by atoms with E-state index >= 15 is 0 Å². The Labute approximate surface area is 150 Å². The summed E-state index contributed by atoms with van der Waals surface area (Å²) in [6.07, 6.45) is 0.269. The summed E-state index contributed by atoms with van der Waals surface area (Å²) in [5.74, 6) is 0.315. The summed E-state index contributed by atoms with van der Waals surface area (Å²) in [6, 6.07) is 12.3. The first-order valence-corrected chi connectivity index (χ1v) is 8.48. The first-order chi connectivity index (χ1) is 12.5. The van der Waals surface area contributed by atoms with Crippen molar-refractivity contribution in [2.45, 2.75) is 26.2 Å². The first kappa shape index (κ1) is 16.4. The van der Waals surface area contributed by atoms with Crippen LogP contribution in [-0.4, -0.2) is 22.6 Å². The van der Waals surface area contributed by atoms with Gasteiger partial charge in [-0.3, -0.25) is 4.79 Å². The van der Waals surface area contributed by atoms with Gasteiger partial charge in [0.25, 0.3) is 0 Å². The Bertz CT molecular complexity index is 965. The summed E-state index contributed by atoms with van der Waals surface area (Å²) in [5.41, 5.74) is 3.47. The maximum atomic E-state index is 13.6. The molecule has 6 heteroatoms. The number of halogens is 1. The third kappa shape index (κ3) is 2.98. The van der Waals surface area contributed by atoms with E-state index in [-0.39, 0.29) is 24.1 Å². The summed E-state index contributed by atoms with van der Waals surface area (Å²) in [7, 11) is 0. The Balaban J connectivity index is 1.58. The van der Waals surface area contributed by atoms with Crippen molar-refractivity contribution in [3.8, 4) is 11.4 Å². The molecule has 1 atom stereocenters. The van der Waals surface area contributed by atoms with Gasteiger partial charge in [-0.05, 0) is 31.5 Å². The van der Waals surface area contributed by atoms with Crippen LogP contribution in [0.5, 0.6) is 0 Å². The van der Waals surface area contributed by atoms with Crippen molar-refractivity contribution in [1.82, 2.24) is 10.1 Å². The number of nitrogens with zero attached hydrogens (tertiary/aromatic N) is 3. The van der Waals surface area contributed by atoms with Crippen molar-refractivity contribution in [2.24, 2.45) is 0 Å². The number of carbonyl (C=O) groups is 1. The van der Waals surface area contributed by atoms with Gasteiger partial charge in [0.05, 0.1) is 5.92 Å². The lowest BCUT2D eigenvalue weighted by molar-refractivity contribution is -0.117. The van der Waals surface area contributed by atoms with Gasteiger partial charge < -0.3 is 9.42 Å². The molecule has 0 radical (unpaired) electrons. The fraction of sp³-hybridized carbons (Fsp3) is 0.250. The Hall–Kier alpha value is -3.02. The molecule has 1 saturated heterocycles. The minimum Gasteiger partial charge on any atom is -0.339 e. The minimum atomic E-state index is -0.360. The molecule has 5 nitrogen and oxygen atoms in total. The smallest absolute Gasteiger partial charge is 0.232 e. The molecule has 4 rings (SSSR count). The van der Waals surface area contributed by atoms with Crippen LogP contribution in [0.25, 0.3) is 11.4 Å². The summed E-state index contributed by atoms with van der Waals surface area (Å²) >= 11 is 0. The zero-order valence-electron chi connectivity index (χ0n) is 14.6. The normalized spacial score (nSPS) is 17.1. The lowest BCUT2D eigenvalue weighted by atomic mass is 10.1. The van der Waals surface area contributed by atoms with Crippen LogP contribution in [0.3, 0.4) is 0 Å². The van der Waals surface area contributed by atoms with Crippen molar-refractivity contribution in [2.75, 3.05) is 11.4 Å². The molecule has 0 N–H and O–H groups in total. The number of amides is 1. The molecule has 132 valence electrons. The molecule has 1 aromatic heterocycles. The zero-order valence-corrected chi connectivity index (χ0v) is 14.6. The lowest BCUT2D eigenvalue weighted by Crippen LogP contribution is -2.25. The van der Waals surface area contributed by atoms with Gasteiger partial charge in [-0.1, -0.05) is 41.1 Å². The quantitative estimate of drug-likeness (QED) is 0.715. The summed E-state index contributed by atoms with van der Waals surface area (Å²) in [5, 5.41) is 4.04. The summed E-state index contributed by atoms with van der Waals surface area (Å²) in [6.45, 7) is 4.27. The molecule has 2 heterocycles. The van der Waals surface area contributed by atoms with Crippen LogP contribution >= 0.6 is 0 Å². The van der Waals surface area contributed by atoms with Gasteiger partial charge in [0, 0.05) is 24.2 Å². The lowest BCUT2D eigenvalue weighted by Gasteiger charge is -2.18. The van der Waals surface area contributed by atoms with E-state index in [1.807, 2.05) is 38.1 Å². The SMILES string of the molecule is Cc1ccc(-c2noc(C3CC(=O)N(c4cc(F)ccc4C)C3)n2)cc1. The Morgan fingerprint density at radius 3 is 2.69 bits per heavy atom. The molecule has 0 bridgehead atoms. The van der Waals surface area contributed by atoms with Crippen LogP contribution in [0.15, 0.2) is 47.0 Å². The number of rotatable bonds is 3. The molecule has 2 aromatic carbocycles. The monoisotopic (exact) mass is 351 g/mol. The maximum absolute atomic E-state index is 13.6. The molecule has 1 aliphatic heterocycles. The summed E-state index contributed by atoms with van der Waals surface area (Å²) in [4.78, 5) is 18.5. The Kier molecular flexibility index (Phi) is 4.03. The van der Waals surface area contributed by atoms with Crippen molar-refractivity contribution in [1.29, 1.82) is 0 Å². The second kappa shape index (κ2) is 6.37. The Morgan fingerprint density at radius 1 is 1.15 bits per heavy atom. The van der Waals surface area contributed by atoms with E-state index in [1.54, 1.807) is 11.0 Å². The highest BCUT2D eigenvalue weighted by atomic mass is 19.1. The van der Waals surface area contributed by atoms with Gasteiger partial charge in [0.2, 0.25) is 17.6 Å². The predicted molar refractivity (Wildman–Crippen MR) is 95.3 cm³/mol. The molecule has 0 spiro atoms. The second-order valence-corrected chi connectivity index (χ2v) is 6.66. The van der Waals surface area contributed by atoms with Crippen LogP contribution < -0.4 is 4.90 Å². The van der Waals surface area contributed by atoms with Gasteiger partial charge in [-0.2, -0.15) is 4.98 Å². The maximum Gasteiger partial charge on any atom is 0.232 e. The molecule has 1 aliphatic rings. The number of aryl methyl sites for hydroxylation is 2. The van der Waals surface area contributed by atoms with Crippen molar-refractivity contribution in [3.63, 3.8) is 0 Å². The average molecular weight is 351 g/mol. The largest absolute Gasteiger partial charge is 0.339 e. The molecule has 26 heavy (non-hydrogen) atoms. The number of benzene rings is 2. The first-order valence-electron chi connectivity index (χ1n) is 8.48. The van der Waals surface area contributed by atoms with Gasteiger partial charge >= 0.3 is 0 Å². The number of aromatic nitrogens is 2. The molecule has 1 fully saturated rings. The van der Waals surface area contributed by atoms with E-state index in [2.05, 4.69) is 10.1 Å². The minimum absolute atomic E-state index is 0.0706. The van der Waals surface area contributed by atoms with Crippen molar-refractivity contribution < 1.29 is 13.7 Å². The highest BCUT2D eigenvalue weighted by Crippen LogP contribution is 2.33. The molecule has 1 unspecified atom stereocenters. The van der Waals surface area contributed by atoms with E-state index in [9.17, 15) is 9.18 Å². The van der Waals surface area contributed by atoms with Crippen molar-refractivity contribution in [3.05, 3.63) is 65.3 Å². The molecule has 0 aliphatic carbocycles. The molecule has 1 amide bonds. The second-order valence-electron chi connectivity index (χ2n) is 6.66. The third-order valence-corrected chi connectivity index (χ3v) is 4.69. The fourth-order valence-electron chi connectivity index (χ4n) is 3.20. The van der Waals surface area contributed by atoms with E-state index < -0.39 is 0 Å². The van der Waals surface area contributed by atoms with Gasteiger partial charge in [-0.15, -0.1) is 0 Å². The highest BCUT2D eigenvalue weighted by molar-refractivity contribution is 5.97. The number of hydrogen-bond donors (Lipinski definition) is 0. The number of hydrogen-bond acceptors (Lipinski definition) is 4. The summed E-state index contributed by atoms with van der Waals surface area (Å²) < 4.78 is 19.0. The topological polar surface area (TPSA) is 59.2 Å². The standard InChI is InChI=1S/C20H18FN3O2/c1-12-3-6-14(7-4-12)19-22-20(26-23-19)15-9-18(25)24(11-15)17-10-16(21)8-5-13(17)2/h3-8,10,15H,9,11H2,1-2H3. The van der Waals surface area contributed by atoms with Gasteiger partial charge in [-0.25, -0.2) is 4.39 Å². The third-order valence-electron chi connectivity index (χ3n) is 4.69. The fourth-order valence-corrected chi connectivity index (χ4v) is 3.20. The highest BCUT2D eigenvalue weighted by Gasteiger charge is 2.35. The average Bonchev–Trinajstić information content (AvgIpc) is 3.25. The predicted octanol–water partition coefficient (Wildman–Crippen LogP) is 4.01. The number of anilines is 1. The van der Waals surface area contributed by atoms with E-state index in [0.29, 0.717) is 23.9 Å². The van der Waals surface area contributed by atoms with E-state index in [0.717, 1.165) is 16.7 Å². The molecular weight excluding hydrogens is 333 g/mol.